The van der Waals surface area contributed by atoms with Crippen molar-refractivity contribution in [2.45, 2.75) is 50.5 Å². The predicted molar refractivity (Wildman–Crippen MR) is 126 cm³/mol. The molecule has 1 aliphatic rings. The summed E-state index contributed by atoms with van der Waals surface area (Å²) in [5, 5.41) is 3.48. The lowest BCUT2D eigenvalue weighted by molar-refractivity contribution is -0.116. The second-order valence-electron chi connectivity index (χ2n) is 8.00. The summed E-state index contributed by atoms with van der Waals surface area (Å²) in [6, 6.07) is 12.1. The highest BCUT2D eigenvalue weighted by Gasteiger charge is 2.27. The zero-order valence-electron chi connectivity index (χ0n) is 18.1. The van der Waals surface area contributed by atoms with Crippen molar-refractivity contribution in [2.75, 3.05) is 18.4 Å². The molecule has 1 aliphatic heterocycles. The second kappa shape index (κ2) is 9.60. The van der Waals surface area contributed by atoms with Crippen molar-refractivity contribution in [3.05, 3.63) is 53.3 Å². The molecule has 0 unspecified atom stereocenters. The Labute approximate surface area is 193 Å². The third-order valence-electron chi connectivity index (χ3n) is 5.65. The van der Waals surface area contributed by atoms with Gasteiger partial charge in [-0.2, -0.15) is 4.31 Å². The number of anilines is 1. The van der Waals surface area contributed by atoms with E-state index in [4.69, 9.17) is 16.6 Å². The van der Waals surface area contributed by atoms with Crippen molar-refractivity contribution in [3.8, 4) is 0 Å². The SMILES string of the molecule is CCCn1c(CCC(=O)Nc2ccc(Cl)cc2)nc2cc(S(=O)(=O)N3CCCC3)ccc21. The molecule has 2 heterocycles. The monoisotopic (exact) mass is 474 g/mol. The number of fused-ring (bicyclic) bond motifs is 1. The van der Waals surface area contributed by atoms with Crippen LogP contribution in [0.25, 0.3) is 11.0 Å². The number of sulfonamides is 1. The van der Waals surface area contributed by atoms with Crippen molar-refractivity contribution < 1.29 is 13.2 Å². The van der Waals surface area contributed by atoms with Gasteiger partial charge in [0, 0.05) is 43.2 Å². The van der Waals surface area contributed by atoms with Crippen LogP contribution in [0.5, 0.6) is 0 Å². The molecule has 0 aliphatic carbocycles. The zero-order valence-corrected chi connectivity index (χ0v) is 19.6. The number of rotatable bonds is 8. The minimum absolute atomic E-state index is 0.111. The van der Waals surface area contributed by atoms with Gasteiger partial charge in [-0.15, -0.1) is 0 Å². The van der Waals surface area contributed by atoms with Crippen LogP contribution in [0.3, 0.4) is 0 Å². The highest BCUT2D eigenvalue weighted by atomic mass is 35.5. The third-order valence-corrected chi connectivity index (χ3v) is 7.80. The third kappa shape index (κ3) is 4.82. The normalized spacial score (nSPS) is 14.8. The van der Waals surface area contributed by atoms with Crippen LogP contribution in [0.15, 0.2) is 47.4 Å². The number of aryl methyl sites for hydroxylation is 2. The molecular formula is C23H27ClN4O3S. The molecule has 0 radical (unpaired) electrons. The number of nitrogens with one attached hydrogen (secondary N) is 1. The Morgan fingerprint density at radius 3 is 2.53 bits per heavy atom. The lowest BCUT2D eigenvalue weighted by Crippen LogP contribution is -2.27. The summed E-state index contributed by atoms with van der Waals surface area (Å²) in [6.45, 7) is 3.97. The molecule has 4 rings (SSSR count). The molecule has 2 aromatic carbocycles. The topological polar surface area (TPSA) is 84.3 Å². The van der Waals surface area contributed by atoms with Gasteiger partial charge in [-0.25, -0.2) is 13.4 Å². The maximum Gasteiger partial charge on any atom is 0.243 e. The molecule has 0 saturated carbocycles. The number of hydrogen-bond acceptors (Lipinski definition) is 4. The van der Waals surface area contributed by atoms with Crippen LogP contribution in [0, 0.1) is 0 Å². The van der Waals surface area contributed by atoms with Gasteiger partial charge in [-0.05, 0) is 61.7 Å². The van der Waals surface area contributed by atoms with Gasteiger partial charge in [0.2, 0.25) is 15.9 Å². The fourth-order valence-corrected chi connectivity index (χ4v) is 5.71. The maximum absolute atomic E-state index is 12.9. The Hall–Kier alpha value is -2.42. The maximum atomic E-state index is 12.9. The molecular weight excluding hydrogens is 448 g/mol. The van der Waals surface area contributed by atoms with E-state index in [1.165, 1.54) is 0 Å². The highest BCUT2D eigenvalue weighted by Crippen LogP contribution is 2.26. The average molecular weight is 475 g/mol. The van der Waals surface area contributed by atoms with Gasteiger partial charge in [-0.1, -0.05) is 18.5 Å². The van der Waals surface area contributed by atoms with Gasteiger partial charge in [0.25, 0.3) is 0 Å². The van der Waals surface area contributed by atoms with E-state index in [1.807, 2.05) is 6.07 Å². The van der Waals surface area contributed by atoms with Crippen LogP contribution in [0.4, 0.5) is 5.69 Å². The first-order chi connectivity index (χ1) is 15.4. The van der Waals surface area contributed by atoms with E-state index in [0.717, 1.165) is 37.1 Å². The zero-order chi connectivity index (χ0) is 22.7. The molecule has 9 heteroatoms. The van der Waals surface area contributed by atoms with Crippen molar-refractivity contribution in [3.63, 3.8) is 0 Å². The van der Waals surface area contributed by atoms with Gasteiger partial charge in [0.1, 0.15) is 5.82 Å². The molecule has 1 saturated heterocycles. The molecule has 32 heavy (non-hydrogen) atoms. The average Bonchev–Trinajstić information content (AvgIpc) is 3.43. The minimum Gasteiger partial charge on any atom is -0.328 e. The van der Waals surface area contributed by atoms with Gasteiger partial charge in [0.15, 0.2) is 0 Å². The summed E-state index contributed by atoms with van der Waals surface area (Å²) in [4.78, 5) is 17.4. The molecule has 1 N–H and O–H groups in total. The van der Waals surface area contributed by atoms with E-state index in [0.29, 0.717) is 35.7 Å². The first-order valence-electron chi connectivity index (χ1n) is 10.9. The number of hydrogen-bond donors (Lipinski definition) is 1. The second-order valence-corrected chi connectivity index (χ2v) is 10.4. The standard InChI is InChI=1S/C23H27ClN4O3S/c1-2-13-28-21-10-9-19(32(30,31)27-14-3-4-15-27)16-20(21)26-22(28)11-12-23(29)25-18-7-5-17(24)6-8-18/h5-10,16H,2-4,11-15H2,1H3,(H,25,29). The smallest absolute Gasteiger partial charge is 0.243 e. The molecule has 0 bridgehead atoms. The van der Waals surface area contributed by atoms with Crippen molar-refractivity contribution >= 4 is 44.3 Å². The number of amides is 1. The summed E-state index contributed by atoms with van der Waals surface area (Å²) < 4.78 is 29.5. The van der Waals surface area contributed by atoms with Crippen LogP contribution >= 0.6 is 11.6 Å². The number of halogens is 1. The number of carbonyl (C=O) groups excluding carboxylic acids is 1. The number of benzene rings is 2. The largest absolute Gasteiger partial charge is 0.328 e. The molecule has 0 atom stereocenters. The van der Waals surface area contributed by atoms with E-state index < -0.39 is 10.0 Å². The minimum atomic E-state index is -3.50. The molecule has 7 nitrogen and oxygen atoms in total. The van der Waals surface area contributed by atoms with Gasteiger partial charge < -0.3 is 9.88 Å². The van der Waals surface area contributed by atoms with Crippen molar-refractivity contribution in [2.24, 2.45) is 0 Å². The quantitative estimate of drug-likeness (QED) is 0.522. The van der Waals surface area contributed by atoms with Gasteiger partial charge in [-0.3, -0.25) is 4.79 Å². The summed E-state index contributed by atoms with van der Waals surface area (Å²) in [5.41, 5.74) is 2.23. The Bertz CT molecular complexity index is 1220. The van der Waals surface area contributed by atoms with Crippen molar-refractivity contribution in [1.29, 1.82) is 0 Å². The number of aromatic nitrogens is 2. The van der Waals surface area contributed by atoms with Crippen LogP contribution in [-0.4, -0.2) is 41.3 Å². The summed E-state index contributed by atoms with van der Waals surface area (Å²) >= 11 is 5.89. The summed E-state index contributed by atoms with van der Waals surface area (Å²) in [5.74, 6) is 0.670. The van der Waals surface area contributed by atoms with Crippen LogP contribution in [0.2, 0.25) is 5.02 Å². The first kappa shape index (κ1) is 22.8. The summed E-state index contributed by atoms with van der Waals surface area (Å²) in [6.07, 6.45) is 3.43. The number of carbonyl (C=O) groups is 1. The molecule has 3 aromatic rings. The Morgan fingerprint density at radius 2 is 1.84 bits per heavy atom. The van der Waals surface area contributed by atoms with Crippen LogP contribution in [-0.2, 0) is 27.8 Å². The number of nitrogens with zero attached hydrogens (tertiary/aromatic N) is 3. The molecule has 170 valence electrons. The van der Waals surface area contributed by atoms with E-state index in [9.17, 15) is 13.2 Å². The van der Waals surface area contributed by atoms with E-state index >= 15 is 0 Å². The Balaban J connectivity index is 1.54. The fourth-order valence-electron chi connectivity index (χ4n) is 4.04. The van der Waals surface area contributed by atoms with Crippen LogP contribution < -0.4 is 5.32 Å². The molecule has 1 fully saturated rings. The van der Waals surface area contributed by atoms with Crippen LogP contribution in [0.1, 0.15) is 38.4 Å². The molecule has 0 spiro atoms. The lowest BCUT2D eigenvalue weighted by atomic mass is 10.2. The summed E-state index contributed by atoms with van der Waals surface area (Å²) in [7, 11) is -3.50. The van der Waals surface area contributed by atoms with Gasteiger partial charge >= 0.3 is 0 Å². The van der Waals surface area contributed by atoms with E-state index in [-0.39, 0.29) is 17.2 Å². The first-order valence-corrected chi connectivity index (χ1v) is 12.7. The van der Waals surface area contributed by atoms with E-state index in [2.05, 4.69) is 16.8 Å². The molecule has 1 aromatic heterocycles. The van der Waals surface area contributed by atoms with Crippen molar-refractivity contribution in [1.82, 2.24) is 13.9 Å². The fraction of sp³-hybridized carbons (Fsp3) is 0.391. The highest BCUT2D eigenvalue weighted by molar-refractivity contribution is 7.89. The Morgan fingerprint density at radius 1 is 1.12 bits per heavy atom. The van der Waals surface area contributed by atoms with E-state index in [1.54, 1.807) is 40.7 Å². The Kier molecular flexibility index (Phi) is 6.83. The molecule has 1 amide bonds. The van der Waals surface area contributed by atoms with Gasteiger partial charge in [0.05, 0.1) is 15.9 Å². The number of imidazole rings is 1. The lowest BCUT2D eigenvalue weighted by Gasteiger charge is -2.15. The predicted octanol–water partition coefficient (Wildman–Crippen LogP) is 4.46.